The minimum atomic E-state index is -0.185. The Hall–Kier alpha value is -9.71. The second kappa shape index (κ2) is 17.7. The lowest BCUT2D eigenvalue weighted by Crippen LogP contribution is -2.27. The lowest BCUT2D eigenvalue weighted by Gasteiger charge is -2.30. The number of aromatic nitrogens is 4. The van der Waals surface area contributed by atoms with Crippen LogP contribution < -0.4 is 4.90 Å². The van der Waals surface area contributed by atoms with Gasteiger partial charge in [-0.3, -0.25) is 0 Å². The van der Waals surface area contributed by atoms with Crippen LogP contribution in [0.1, 0.15) is 37.0 Å². The molecule has 12 aromatic rings. The largest absolute Gasteiger partial charge is 0.332 e. The summed E-state index contributed by atoms with van der Waals surface area (Å²) in [5, 5.41) is 2.46. The summed E-state index contributed by atoms with van der Waals surface area (Å²) in [5.41, 5.74) is 23.0. The van der Waals surface area contributed by atoms with E-state index in [2.05, 4.69) is 278 Å². The molecule has 3 heterocycles. The first kappa shape index (κ1) is 44.7. The third kappa shape index (κ3) is 7.11. The highest BCUT2D eigenvalue weighted by Gasteiger charge is 2.40. The van der Waals surface area contributed by atoms with Gasteiger partial charge in [-0.05, 0) is 116 Å². The SMILES string of the molecule is CC1(C)c2ccccc2-c2c(-c3nc(-c4cccc(-c5ccccc5)c4)nc(-c4ccccc4N4c5cccc(-c6cccc7c6c6ccc(-c8ccccc8)cc6n7-c6ccccc6)c5C5=CC=CCC54)n3)cccc21. The first-order chi connectivity index (χ1) is 38.0. The lowest BCUT2D eigenvalue weighted by atomic mass is 9.82. The Bertz CT molecular complexity index is 4390. The van der Waals surface area contributed by atoms with Crippen molar-refractivity contribution in [2.45, 2.75) is 31.7 Å². The summed E-state index contributed by atoms with van der Waals surface area (Å²) in [5.74, 6) is 1.91. The number of benzene rings is 10. The predicted molar refractivity (Wildman–Crippen MR) is 318 cm³/mol. The molecular formula is C72H51N5. The maximum absolute atomic E-state index is 5.57. The Morgan fingerprint density at radius 3 is 1.79 bits per heavy atom. The number of para-hydroxylation sites is 2. The zero-order valence-corrected chi connectivity index (χ0v) is 42.8. The molecule has 0 saturated heterocycles. The van der Waals surface area contributed by atoms with Crippen LogP contribution in [0.4, 0.5) is 11.4 Å². The van der Waals surface area contributed by atoms with E-state index in [1.165, 1.54) is 77.5 Å². The molecule has 3 aliphatic rings. The minimum Gasteiger partial charge on any atom is -0.332 e. The summed E-state index contributed by atoms with van der Waals surface area (Å²) in [4.78, 5) is 19.1. The normalized spacial score (nSPS) is 14.8. The standard InChI is InChI=1S/C72H51N5/c1-72(2)59-36-15-12-30-54(59)66-58(35-19-37-60(66)72)71-74-69(50-27-18-26-48(44-50)46-22-6-3-7-23-46)73-70(75-71)57-32-14-17-39-62(57)77-61-38-16-13-31-55(61)67-52(34-21-41-64(67)77)53-33-20-40-63-68(53)56-43-42-49(47-24-8-4-9-25-47)45-65(56)76(63)51-28-10-5-11-29-51/h3-37,39-45,61H,38H2,1-2H3. The first-order valence-corrected chi connectivity index (χ1v) is 26.7. The van der Waals surface area contributed by atoms with Gasteiger partial charge in [-0.25, -0.2) is 15.0 Å². The van der Waals surface area contributed by atoms with Gasteiger partial charge in [-0.2, -0.15) is 0 Å². The number of allylic oxidation sites excluding steroid dienone is 2. The number of fused-ring (bicyclic) bond motifs is 9. The summed E-state index contributed by atoms with van der Waals surface area (Å²) >= 11 is 0. The second-order valence-electron chi connectivity index (χ2n) is 21.0. The molecule has 0 N–H and O–H groups in total. The van der Waals surface area contributed by atoms with Crippen molar-refractivity contribution in [3.63, 3.8) is 0 Å². The monoisotopic (exact) mass is 985 g/mol. The molecule has 5 nitrogen and oxygen atoms in total. The van der Waals surface area contributed by atoms with Crippen molar-refractivity contribution in [2.24, 2.45) is 0 Å². The van der Waals surface area contributed by atoms with Crippen LogP contribution in [0, 0.1) is 0 Å². The highest BCUT2D eigenvalue weighted by atomic mass is 15.2. The van der Waals surface area contributed by atoms with E-state index >= 15 is 0 Å². The van der Waals surface area contributed by atoms with Crippen LogP contribution in [0.25, 0.3) is 112 Å². The van der Waals surface area contributed by atoms with Crippen molar-refractivity contribution in [1.82, 2.24) is 19.5 Å². The molecule has 1 atom stereocenters. The molecule has 364 valence electrons. The third-order valence-electron chi connectivity index (χ3n) is 16.4. The van der Waals surface area contributed by atoms with Crippen LogP contribution in [0.3, 0.4) is 0 Å². The van der Waals surface area contributed by atoms with Gasteiger partial charge in [-0.1, -0.05) is 220 Å². The topological polar surface area (TPSA) is 46.8 Å². The van der Waals surface area contributed by atoms with E-state index in [1.54, 1.807) is 0 Å². The van der Waals surface area contributed by atoms with E-state index in [4.69, 9.17) is 15.0 Å². The molecule has 2 aromatic heterocycles. The Morgan fingerprint density at radius 1 is 0.416 bits per heavy atom. The molecule has 77 heavy (non-hydrogen) atoms. The van der Waals surface area contributed by atoms with Crippen LogP contribution in [0.5, 0.6) is 0 Å². The summed E-state index contributed by atoms with van der Waals surface area (Å²) in [6.45, 7) is 4.65. The van der Waals surface area contributed by atoms with Crippen LogP contribution in [-0.4, -0.2) is 25.6 Å². The molecule has 0 fully saturated rings. The Labute approximate surface area is 448 Å². The van der Waals surface area contributed by atoms with Gasteiger partial charge in [0.05, 0.1) is 22.8 Å². The predicted octanol–water partition coefficient (Wildman–Crippen LogP) is 18.1. The van der Waals surface area contributed by atoms with E-state index in [-0.39, 0.29) is 11.5 Å². The number of hydrogen-bond acceptors (Lipinski definition) is 4. The van der Waals surface area contributed by atoms with Crippen LogP contribution >= 0.6 is 0 Å². The number of nitrogens with zero attached hydrogens (tertiary/aromatic N) is 5. The van der Waals surface area contributed by atoms with Crippen LogP contribution in [-0.2, 0) is 5.41 Å². The second-order valence-corrected chi connectivity index (χ2v) is 21.0. The average Bonchev–Trinajstić information content (AvgIpc) is 4.28. The molecule has 0 bridgehead atoms. The molecule has 1 aliphatic heterocycles. The fourth-order valence-corrected chi connectivity index (χ4v) is 12.8. The van der Waals surface area contributed by atoms with Gasteiger partial charge < -0.3 is 9.47 Å². The molecule has 1 unspecified atom stereocenters. The van der Waals surface area contributed by atoms with Crippen molar-refractivity contribution in [3.8, 4) is 84.4 Å². The van der Waals surface area contributed by atoms with Crippen molar-refractivity contribution < 1.29 is 0 Å². The minimum absolute atomic E-state index is 0.0371. The molecule has 15 rings (SSSR count). The highest BCUT2D eigenvalue weighted by molar-refractivity contribution is 6.18. The zero-order valence-electron chi connectivity index (χ0n) is 42.8. The summed E-state index contributed by atoms with van der Waals surface area (Å²) < 4.78 is 2.44. The Balaban J connectivity index is 0.929. The average molecular weight is 986 g/mol. The van der Waals surface area contributed by atoms with Gasteiger partial charge in [0.1, 0.15) is 0 Å². The van der Waals surface area contributed by atoms with E-state index in [0.29, 0.717) is 17.5 Å². The summed E-state index contributed by atoms with van der Waals surface area (Å²) in [6, 6.07) is 85.5. The van der Waals surface area contributed by atoms with Gasteiger partial charge in [0.2, 0.25) is 0 Å². The van der Waals surface area contributed by atoms with E-state index in [1.807, 2.05) is 0 Å². The maximum Gasteiger partial charge on any atom is 0.166 e. The van der Waals surface area contributed by atoms with Crippen LogP contribution in [0.2, 0.25) is 0 Å². The van der Waals surface area contributed by atoms with Crippen molar-refractivity contribution >= 4 is 38.8 Å². The molecule has 10 aromatic carbocycles. The Morgan fingerprint density at radius 2 is 0.987 bits per heavy atom. The van der Waals surface area contributed by atoms with Crippen LogP contribution in [0.15, 0.2) is 255 Å². The van der Waals surface area contributed by atoms with Crippen molar-refractivity contribution in [2.75, 3.05) is 4.90 Å². The van der Waals surface area contributed by atoms with Crippen molar-refractivity contribution in [3.05, 3.63) is 272 Å². The smallest absolute Gasteiger partial charge is 0.166 e. The molecule has 2 aliphatic carbocycles. The fourth-order valence-electron chi connectivity index (χ4n) is 12.8. The first-order valence-electron chi connectivity index (χ1n) is 26.7. The van der Waals surface area contributed by atoms with Gasteiger partial charge in [-0.15, -0.1) is 0 Å². The number of hydrogen-bond donors (Lipinski definition) is 0. The maximum atomic E-state index is 5.57. The number of rotatable bonds is 8. The van der Waals surface area contributed by atoms with E-state index in [9.17, 15) is 0 Å². The van der Waals surface area contributed by atoms with Gasteiger partial charge >= 0.3 is 0 Å². The molecule has 0 amide bonds. The molecule has 0 saturated carbocycles. The van der Waals surface area contributed by atoms with Crippen molar-refractivity contribution in [1.29, 1.82) is 0 Å². The van der Waals surface area contributed by atoms with Gasteiger partial charge in [0.25, 0.3) is 0 Å². The van der Waals surface area contributed by atoms with E-state index in [0.717, 1.165) is 51.3 Å². The summed E-state index contributed by atoms with van der Waals surface area (Å²) in [7, 11) is 0. The van der Waals surface area contributed by atoms with E-state index < -0.39 is 0 Å². The molecule has 0 spiro atoms. The fraction of sp³-hybridized carbons (Fsp3) is 0.0694. The van der Waals surface area contributed by atoms with Gasteiger partial charge in [0.15, 0.2) is 17.5 Å². The highest BCUT2D eigenvalue weighted by Crippen LogP contribution is 2.55. The number of anilines is 2. The quantitative estimate of drug-likeness (QED) is 0.152. The lowest BCUT2D eigenvalue weighted by molar-refractivity contribution is 0.660. The third-order valence-corrected chi connectivity index (χ3v) is 16.4. The molecule has 5 heteroatoms. The molecular weight excluding hydrogens is 935 g/mol. The summed E-state index contributed by atoms with van der Waals surface area (Å²) in [6.07, 6.45) is 7.73. The molecule has 0 radical (unpaired) electrons. The zero-order chi connectivity index (χ0) is 51.2. The van der Waals surface area contributed by atoms with Gasteiger partial charge in [0, 0.05) is 49.8 Å². The Kier molecular flexibility index (Phi) is 10.3.